The second kappa shape index (κ2) is 11.7. The molecule has 0 aliphatic heterocycles. The smallest absolute Gasteiger partial charge is 0.309 e. The van der Waals surface area contributed by atoms with Crippen molar-refractivity contribution in [3.05, 3.63) is 102 Å². The number of hydrogen-bond donors (Lipinski definition) is 2. The first kappa shape index (κ1) is 26.6. The van der Waals surface area contributed by atoms with E-state index in [0.29, 0.717) is 29.1 Å². The highest BCUT2D eigenvalue weighted by Crippen LogP contribution is 2.23. The normalized spacial score (nSPS) is 12.9. The van der Waals surface area contributed by atoms with Gasteiger partial charge in [0.15, 0.2) is 0 Å². The Balaban J connectivity index is 1.43. The van der Waals surface area contributed by atoms with Crippen LogP contribution in [0.25, 0.3) is 11.1 Å². The summed E-state index contributed by atoms with van der Waals surface area (Å²) < 4.78 is 38.6. The first-order chi connectivity index (χ1) is 18.2. The van der Waals surface area contributed by atoms with Gasteiger partial charge in [0, 0.05) is 30.1 Å². The maximum atomic E-state index is 13.3. The molecular weight excluding hydrogens is 493 g/mol. The minimum absolute atomic E-state index is 0.0809. The summed E-state index contributed by atoms with van der Waals surface area (Å²) in [4.78, 5) is 17.5. The molecule has 38 heavy (non-hydrogen) atoms. The first-order valence-electron chi connectivity index (χ1n) is 11.9. The van der Waals surface area contributed by atoms with Crippen molar-refractivity contribution < 1.29 is 18.0 Å². The van der Waals surface area contributed by atoms with Gasteiger partial charge in [-0.05, 0) is 41.3 Å². The van der Waals surface area contributed by atoms with Crippen molar-refractivity contribution in [1.29, 1.82) is 5.26 Å². The molecule has 2 N–H and O–H groups in total. The number of halogens is 3. The van der Waals surface area contributed by atoms with Crippen molar-refractivity contribution in [1.82, 2.24) is 20.1 Å². The third kappa shape index (κ3) is 7.05. The Kier molecular flexibility index (Phi) is 8.19. The van der Waals surface area contributed by atoms with Gasteiger partial charge in [-0.2, -0.15) is 23.5 Å². The molecule has 0 spiro atoms. The second-order valence-corrected chi connectivity index (χ2v) is 8.85. The summed E-state index contributed by atoms with van der Waals surface area (Å²) >= 11 is 0. The van der Waals surface area contributed by atoms with E-state index in [1.807, 2.05) is 49.4 Å². The third-order valence-electron chi connectivity index (χ3n) is 5.95. The fraction of sp³-hybridized carbons (Fsp3) is 0.214. The zero-order valence-electron chi connectivity index (χ0n) is 20.5. The molecule has 194 valence electrons. The van der Waals surface area contributed by atoms with E-state index >= 15 is 0 Å². The predicted molar refractivity (Wildman–Crippen MR) is 137 cm³/mol. The molecule has 1 amide bonds. The topological polar surface area (TPSA) is 95.6 Å². The number of anilines is 1. The number of nitriles is 1. The van der Waals surface area contributed by atoms with Crippen LogP contribution in [0.4, 0.5) is 19.0 Å². The molecule has 7 nitrogen and oxygen atoms in total. The number of benzene rings is 2. The summed E-state index contributed by atoms with van der Waals surface area (Å²) in [5.74, 6) is 0.0863. The molecule has 0 fully saturated rings. The number of alkyl halides is 3. The SMILES string of the molecule is C[C@@H](CN[C@@H](C(=O)Nc1ccc(-c2cnn(CC(F)(F)F)c2)cn1)c1ccccc1)c1ccc(C#N)cc1. The summed E-state index contributed by atoms with van der Waals surface area (Å²) in [5.41, 5.74) is 3.47. The molecule has 4 aromatic rings. The standard InChI is InChI=1S/C28H25F3N6O/c1-19(21-9-7-20(13-32)8-10-21)14-34-26(22-5-3-2-4-6-22)27(38)36-25-12-11-23(15-33-25)24-16-35-37(17-24)18-28(29,30)31/h2-12,15-17,19,26,34H,14,18H2,1H3,(H,33,36,38)/t19-,26+/m0/s1. The van der Waals surface area contributed by atoms with Crippen LogP contribution < -0.4 is 10.6 Å². The lowest BCUT2D eigenvalue weighted by Gasteiger charge is -2.21. The summed E-state index contributed by atoms with van der Waals surface area (Å²) in [7, 11) is 0. The summed E-state index contributed by atoms with van der Waals surface area (Å²) in [6.07, 6.45) is -0.250. The Morgan fingerprint density at radius 2 is 1.74 bits per heavy atom. The van der Waals surface area contributed by atoms with Gasteiger partial charge in [-0.25, -0.2) is 4.98 Å². The van der Waals surface area contributed by atoms with Gasteiger partial charge in [-0.3, -0.25) is 9.48 Å². The molecule has 2 aromatic heterocycles. The first-order valence-corrected chi connectivity index (χ1v) is 11.9. The molecule has 0 bridgehead atoms. The van der Waals surface area contributed by atoms with Gasteiger partial charge in [0.25, 0.3) is 0 Å². The lowest BCUT2D eigenvalue weighted by atomic mass is 9.98. The highest BCUT2D eigenvalue weighted by molar-refractivity contribution is 5.95. The van der Waals surface area contributed by atoms with Crippen LogP contribution in [-0.2, 0) is 11.3 Å². The number of hydrogen-bond acceptors (Lipinski definition) is 5. The molecule has 0 saturated heterocycles. The number of amides is 1. The number of rotatable bonds is 9. The van der Waals surface area contributed by atoms with Gasteiger partial charge in [0.05, 0.1) is 17.8 Å². The molecule has 0 radical (unpaired) electrons. The maximum absolute atomic E-state index is 13.3. The lowest BCUT2D eigenvalue weighted by Crippen LogP contribution is -2.35. The van der Waals surface area contributed by atoms with Gasteiger partial charge in [0.1, 0.15) is 18.4 Å². The van der Waals surface area contributed by atoms with Crippen molar-refractivity contribution in [3.63, 3.8) is 0 Å². The summed E-state index contributed by atoms with van der Waals surface area (Å²) in [6.45, 7) is 1.37. The zero-order valence-corrected chi connectivity index (χ0v) is 20.5. The minimum Gasteiger partial charge on any atom is -0.309 e. The number of carbonyl (C=O) groups is 1. The number of nitrogens with one attached hydrogen (secondary N) is 2. The minimum atomic E-state index is -4.36. The highest BCUT2D eigenvalue weighted by Gasteiger charge is 2.28. The number of nitrogens with zero attached hydrogens (tertiary/aromatic N) is 4. The van der Waals surface area contributed by atoms with E-state index in [9.17, 15) is 18.0 Å². The fourth-order valence-electron chi connectivity index (χ4n) is 3.93. The molecule has 0 aliphatic rings. The van der Waals surface area contributed by atoms with Crippen LogP contribution in [0.1, 0.15) is 35.6 Å². The van der Waals surface area contributed by atoms with E-state index in [0.717, 1.165) is 15.8 Å². The van der Waals surface area contributed by atoms with Crippen LogP contribution in [0.2, 0.25) is 0 Å². The van der Waals surface area contributed by atoms with E-state index in [1.165, 1.54) is 18.6 Å². The Labute approximate surface area is 217 Å². The molecule has 2 heterocycles. The number of carbonyl (C=O) groups excluding carboxylic acids is 1. The molecular formula is C28H25F3N6O. The van der Waals surface area contributed by atoms with E-state index in [2.05, 4.69) is 26.8 Å². The average Bonchev–Trinajstić information content (AvgIpc) is 3.36. The molecule has 0 unspecified atom stereocenters. The highest BCUT2D eigenvalue weighted by atomic mass is 19.4. The predicted octanol–water partition coefficient (Wildman–Crippen LogP) is 5.45. The van der Waals surface area contributed by atoms with E-state index in [4.69, 9.17) is 5.26 Å². The van der Waals surface area contributed by atoms with Crippen molar-refractivity contribution >= 4 is 11.7 Å². The van der Waals surface area contributed by atoms with Crippen LogP contribution in [0.15, 0.2) is 85.3 Å². The van der Waals surface area contributed by atoms with E-state index < -0.39 is 18.8 Å². The van der Waals surface area contributed by atoms with Crippen LogP contribution in [0.5, 0.6) is 0 Å². The van der Waals surface area contributed by atoms with Crippen LogP contribution in [-0.4, -0.2) is 33.4 Å². The fourth-order valence-corrected chi connectivity index (χ4v) is 3.93. The quantitative estimate of drug-likeness (QED) is 0.307. The van der Waals surface area contributed by atoms with Crippen LogP contribution in [0, 0.1) is 11.3 Å². The van der Waals surface area contributed by atoms with E-state index in [-0.39, 0.29) is 11.8 Å². The molecule has 2 aromatic carbocycles. The van der Waals surface area contributed by atoms with Gasteiger partial charge < -0.3 is 10.6 Å². The molecule has 0 saturated carbocycles. The van der Waals surface area contributed by atoms with E-state index in [1.54, 1.807) is 24.3 Å². The van der Waals surface area contributed by atoms with Gasteiger partial charge in [-0.15, -0.1) is 0 Å². The van der Waals surface area contributed by atoms with Gasteiger partial charge >= 0.3 is 6.18 Å². The molecule has 4 rings (SSSR count). The van der Waals surface area contributed by atoms with Gasteiger partial charge in [0.2, 0.25) is 5.91 Å². The Bertz CT molecular complexity index is 1390. The largest absolute Gasteiger partial charge is 0.408 e. The summed E-state index contributed by atoms with van der Waals surface area (Å²) in [5, 5.41) is 18.9. The average molecular weight is 519 g/mol. The molecule has 2 atom stereocenters. The van der Waals surface area contributed by atoms with Crippen molar-refractivity contribution in [2.75, 3.05) is 11.9 Å². The van der Waals surface area contributed by atoms with Crippen LogP contribution in [0.3, 0.4) is 0 Å². The van der Waals surface area contributed by atoms with Crippen molar-refractivity contribution in [2.24, 2.45) is 0 Å². The van der Waals surface area contributed by atoms with Crippen molar-refractivity contribution in [3.8, 4) is 17.2 Å². The molecule has 0 aliphatic carbocycles. The number of pyridine rings is 1. The monoisotopic (exact) mass is 518 g/mol. The molecule has 10 heteroatoms. The Hall–Kier alpha value is -4.49. The lowest BCUT2D eigenvalue weighted by molar-refractivity contribution is -0.142. The Morgan fingerprint density at radius 1 is 1.00 bits per heavy atom. The van der Waals surface area contributed by atoms with Crippen LogP contribution >= 0.6 is 0 Å². The Morgan fingerprint density at radius 3 is 2.37 bits per heavy atom. The van der Waals surface area contributed by atoms with Crippen molar-refractivity contribution in [2.45, 2.75) is 31.6 Å². The number of aromatic nitrogens is 3. The summed E-state index contributed by atoms with van der Waals surface area (Å²) in [6, 6.07) is 21.3. The zero-order chi connectivity index (χ0) is 27.1. The van der Waals surface area contributed by atoms with Gasteiger partial charge in [-0.1, -0.05) is 49.4 Å². The third-order valence-corrected chi connectivity index (χ3v) is 5.95. The maximum Gasteiger partial charge on any atom is 0.408 e. The second-order valence-electron chi connectivity index (χ2n) is 8.85.